The summed E-state index contributed by atoms with van der Waals surface area (Å²) in [7, 11) is 4.42. The van der Waals surface area contributed by atoms with Crippen LogP contribution in [0.1, 0.15) is 16.7 Å². The highest BCUT2D eigenvalue weighted by Gasteiger charge is 2.32. The van der Waals surface area contributed by atoms with Crippen molar-refractivity contribution in [1.29, 1.82) is 0 Å². The summed E-state index contributed by atoms with van der Waals surface area (Å²) in [5, 5.41) is 2.64. The van der Waals surface area contributed by atoms with E-state index in [1.54, 1.807) is 18.2 Å². The monoisotopic (exact) mass is 397 g/mol. The lowest BCUT2D eigenvalue weighted by Gasteiger charge is -2.14. The van der Waals surface area contributed by atoms with E-state index in [9.17, 15) is 18.0 Å². The van der Waals surface area contributed by atoms with Crippen molar-refractivity contribution < 1.29 is 32.2 Å². The summed E-state index contributed by atoms with van der Waals surface area (Å²) < 4.78 is 54.7. The lowest BCUT2D eigenvalue weighted by molar-refractivity contribution is -0.138. The second kappa shape index (κ2) is 9.34. The first kappa shape index (κ1) is 21.4. The summed E-state index contributed by atoms with van der Waals surface area (Å²) in [6.45, 7) is 0.0936. The lowest BCUT2D eigenvalue weighted by atomic mass is 10.0. The Bertz CT molecular complexity index is 796. The Labute approximate surface area is 161 Å². The minimum absolute atomic E-state index is 0.0254. The Morgan fingerprint density at radius 2 is 1.61 bits per heavy atom. The van der Waals surface area contributed by atoms with Crippen LogP contribution in [-0.4, -0.2) is 33.8 Å². The van der Waals surface area contributed by atoms with Gasteiger partial charge in [-0.05, 0) is 35.7 Å². The molecule has 0 fully saturated rings. The predicted octanol–water partition coefficient (Wildman–Crippen LogP) is 3.63. The van der Waals surface area contributed by atoms with E-state index < -0.39 is 11.7 Å². The molecule has 0 saturated carbocycles. The van der Waals surface area contributed by atoms with E-state index in [2.05, 4.69) is 5.32 Å². The molecule has 2 aromatic carbocycles. The number of amides is 1. The summed E-state index contributed by atoms with van der Waals surface area (Å²) in [6, 6.07) is 8.64. The third-order valence-electron chi connectivity index (χ3n) is 4.13. The topological polar surface area (TPSA) is 56.8 Å². The van der Waals surface area contributed by atoms with Crippen molar-refractivity contribution in [1.82, 2.24) is 5.32 Å². The normalized spacial score (nSPS) is 11.1. The Hall–Kier alpha value is -2.90. The molecule has 0 unspecified atom stereocenters. The molecule has 2 aromatic rings. The van der Waals surface area contributed by atoms with Crippen LogP contribution in [-0.2, 0) is 23.8 Å². The van der Waals surface area contributed by atoms with Gasteiger partial charge in [-0.1, -0.05) is 18.2 Å². The molecule has 0 radical (unpaired) electrons. The minimum atomic E-state index is -4.42. The van der Waals surface area contributed by atoms with Gasteiger partial charge in [-0.25, -0.2) is 0 Å². The molecule has 0 bridgehead atoms. The molecule has 1 N–H and O–H groups in total. The van der Waals surface area contributed by atoms with Crippen molar-refractivity contribution in [2.24, 2.45) is 0 Å². The van der Waals surface area contributed by atoms with Crippen LogP contribution in [0.4, 0.5) is 13.2 Å². The van der Waals surface area contributed by atoms with Gasteiger partial charge in [0.25, 0.3) is 0 Å². The third-order valence-corrected chi connectivity index (χ3v) is 4.13. The number of hydrogen-bond donors (Lipinski definition) is 1. The molecule has 8 heteroatoms. The molecular formula is C20H22F3NO4. The van der Waals surface area contributed by atoms with Crippen molar-refractivity contribution in [3.8, 4) is 17.2 Å². The van der Waals surface area contributed by atoms with Gasteiger partial charge >= 0.3 is 6.18 Å². The summed E-state index contributed by atoms with van der Waals surface area (Å²) >= 11 is 0. The molecule has 0 aliphatic heterocycles. The Balaban J connectivity index is 2.01. The van der Waals surface area contributed by atoms with Crippen LogP contribution >= 0.6 is 0 Å². The van der Waals surface area contributed by atoms with E-state index in [-0.39, 0.29) is 30.9 Å². The fourth-order valence-electron chi connectivity index (χ4n) is 2.84. The van der Waals surface area contributed by atoms with Crippen LogP contribution in [0, 0.1) is 0 Å². The number of carbonyl (C=O) groups is 1. The van der Waals surface area contributed by atoms with E-state index >= 15 is 0 Å². The van der Waals surface area contributed by atoms with E-state index in [1.807, 2.05) is 0 Å². The molecule has 2 rings (SSSR count). The molecule has 0 aromatic heterocycles. The van der Waals surface area contributed by atoms with Crippen LogP contribution < -0.4 is 19.5 Å². The standard InChI is InChI=1S/C20H22F3NO4/c1-26-16-10-13(11-17(27-2)19(16)28-3)12-18(25)24-9-8-14-6-4-5-7-15(14)20(21,22)23/h4-7,10-11H,8-9,12H2,1-3H3,(H,24,25). The number of ether oxygens (including phenoxy) is 3. The maximum absolute atomic E-state index is 13.0. The number of rotatable bonds is 8. The highest BCUT2D eigenvalue weighted by molar-refractivity contribution is 5.79. The SMILES string of the molecule is COc1cc(CC(=O)NCCc2ccccc2C(F)(F)F)cc(OC)c1OC. The molecule has 1 amide bonds. The fraction of sp³-hybridized carbons (Fsp3) is 0.350. The summed E-state index contributed by atoms with van der Waals surface area (Å²) in [5.41, 5.74) is 0.0830. The summed E-state index contributed by atoms with van der Waals surface area (Å²) in [6.07, 6.45) is -4.31. The first-order valence-electron chi connectivity index (χ1n) is 8.50. The Morgan fingerprint density at radius 3 is 2.14 bits per heavy atom. The molecule has 5 nitrogen and oxygen atoms in total. The average molecular weight is 397 g/mol. The van der Waals surface area contributed by atoms with Crippen molar-refractivity contribution in [2.75, 3.05) is 27.9 Å². The van der Waals surface area contributed by atoms with Crippen LogP contribution in [0.3, 0.4) is 0 Å². The number of nitrogens with one attached hydrogen (secondary N) is 1. The first-order chi connectivity index (χ1) is 13.3. The highest BCUT2D eigenvalue weighted by Crippen LogP contribution is 2.38. The average Bonchev–Trinajstić information content (AvgIpc) is 2.66. The van der Waals surface area contributed by atoms with Gasteiger partial charge in [0.15, 0.2) is 11.5 Å². The number of carbonyl (C=O) groups excluding carboxylic acids is 1. The second-order valence-corrected chi connectivity index (χ2v) is 5.97. The van der Waals surface area contributed by atoms with Crippen molar-refractivity contribution in [2.45, 2.75) is 19.0 Å². The Morgan fingerprint density at radius 1 is 1.00 bits per heavy atom. The van der Waals surface area contributed by atoms with Gasteiger partial charge < -0.3 is 19.5 Å². The molecule has 152 valence electrons. The van der Waals surface area contributed by atoms with Crippen molar-refractivity contribution >= 4 is 5.91 Å². The third kappa shape index (κ3) is 5.31. The molecule has 0 atom stereocenters. The fourth-order valence-corrected chi connectivity index (χ4v) is 2.84. The van der Waals surface area contributed by atoms with Gasteiger partial charge in [0.05, 0.1) is 33.3 Å². The van der Waals surface area contributed by atoms with Crippen LogP contribution in [0.15, 0.2) is 36.4 Å². The van der Waals surface area contributed by atoms with E-state index in [1.165, 1.54) is 33.5 Å². The first-order valence-corrected chi connectivity index (χ1v) is 8.50. The second-order valence-electron chi connectivity index (χ2n) is 5.97. The minimum Gasteiger partial charge on any atom is -0.493 e. The highest BCUT2D eigenvalue weighted by atomic mass is 19.4. The number of methoxy groups -OCH3 is 3. The molecule has 0 aliphatic carbocycles. The molecule has 0 saturated heterocycles. The molecule has 0 aliphatic rings. The van der Waals surface area contributed by atoms with Gasteiger partial charge in [-0.3, -0.25) is 4.79 Å². The summed E-state index contributed by atoms with van der Waals surface area (Å²) in [4.78, 5) is 12.2. The predicted molar refractivity (Wildman–Crippen MR) is 98.0 cm³/mol. The molecule has 28 heavy (non-hydrogen) atoms. The summed E-state index contributed by atoms with van der Waals surface area (Å²) in [5.74, 6) is 0.934. The molecular weight excluding hydrogens is 375 g/mol. The van der Waals surface area contributed by atoms with Crippen LogP contribution in [0.2, 0.25) is 0 Å². The molecule has 0 heterocycles. The zero-order chi connectivity index (χ0) is 20.7. The van der Waals surface area contributed by atoms with Crippen LogP contribution in [0.5, 0.6) is 17.2 Å². The number of alkyl halides is 3. The lowest BCUT2D eigenvalue weighted by Crippen LogP contribution is -2.27. The van der Waals surface area contributed by atoms with Gasteiger partial charge in [0.1, 0.15) is 0 Å². The number of hydrogen-bond acceptors (Lipinski definition) is 4. The Kier molecular flexibility index (Phi) is 7.14. The number of halogens is 3. The van der Waals surface area contributed by atoms with Gasteiger partial charge in [-0.2, -0.15) is 13.2 Å². The van der Waals surface area contributed by atoms with E-state index in [0.717, 1.165) is 6.07 Å². The largest absolute Gasteiger partial charge is 0.493 e. The molecule has 0 spiro atoms. The van der Waals surface area contributed by atoms with Crippen molar-refractivity contribution in [3.63, 3.8) is 0 Å². The smallest absolute Gasteiger partial charge is 0.416 e. The van der Waals surface area contributed by atoms with Gasteiger partial charge in [0, 0.05) is 6.54 Å². The zero-order valence-corrected chi connectivity index (χ0v) is 15.9. The van der Waals surface area contributed by atoms with Gasteiger partial charge in [0.2, 0.25) is 11.7 Å². The van der Waals surface area contributed by atoms with E-state index in [0.29, 0.717) is 22.8 Å². The maximum Gasteiger partial charge on any atom is 0.416 e. The zero-order valence-electron chi connectivity index (χ0n) is 15.9. The number of benzene rings is 2. The maximum atomic E-state index is 13.0. The van der Waals surface area contributed by atoms with Crippen molar-refractivity contribution in [3.05, 3.63) is 53.1 Å². The quantitative estimate of drug-likeness (QED) is 0.739. The van der Waals surface area contributed by atoms with E-state index in [4.69, 9.17) is 14.2 Å². The van der Waals surface area contributed by atoms with Gasteiger partial charge in [-0.15, -0.1) is 0 Å². The van der Waals surface area contributed by atoms with Crippen LogP contribution in [0.25, 0.3) is 0 Å².